The molecule has 5 rings (SSSR count). The number of pyridine rings is 2. The minimum atomic E-state index is -0.259. The number of hydrogen-bond donors (Lipinski definition) is 0. The molecule has 0 bridgehead atoms. The predicted octanol–water partition coefficient (Wildman–Crippen LogP) is 5.42. The number of aromatic nitrogens is 2. The Bertz CT molecular complexity index is 1430. The van der Waals surface area contributed by atoms with Crippen molar-refractivity contribution in [3.05, 3.63) is 99.1 Å². The largest absolute Gasteiger partial charge is 0.481 e. The van der Waals surface area contributed by atoms with E-state index >= 15 is 0 Å². The van der Waals surface area contributed by atoms with E-state index in [1.165, 1.54) is 12.1 Å². The number of anilines is 1. The van der Waals surface area contributed by atoms with Crippen LogP contribution in [0.3, 0.4) is 0 Å². The van der Waals surface area contributed by atoms with E-state index in [-0.39, 0.29) is 29.5 Å². The van der Waals surface area contributed by atoms with Crippen LogP contribution >= 0.6 is 11.6 Å². The van der Waals surface area contributed by atoms with E-state index in [2.05, 4.69) is 23.6 Å². The average molecular weight is 521 g/mol. The van der Waals surface area contributed by atoms with Gasteiger partial charge in [0.1, 0.15) is 11.3 Å². The van der Waals surface area contributed by atoms with Crippen molar-refractivity contribution in [3.8, 4) is 5.88 Å². The molecular formula is C29H30ClFN4O2. The maximum Gasteiger partial charge on any atom is 0.252 e. The molecule has 37 heavy (non-hydrogen) atoms. The smallest absolute Gasteiger partial charge is 0.252 e. The number of piperazine rings is 1. The van der Waals surface area contributed by atoms with Gasteiger partial charge in [-0.3, -0.25) is 9.69 Å². The highest BCUT2D eigenvalue weighted by Gasteiger charge is 2.36. The summed E-state index contributed by atoms with van der Waals surface area (Å²) in [5.74, 6) is 0.246. The molecule has 2 aromatic carbocycles. The third kappa shape index (κ3) is 4.81. The van der Waals surface area contributed by atoms with E-state index in [9.17, 15) is 9.18 Å². The van der Waals surface area contributed by atoms with Gasteiger partial charge in [-0.25, -0.2) is 9.37 Å². The number of ether oxygens (including phenoxy) is 1. The Balaban J connectivity index is 1.54. The molecule has 3 heterocycles. The number of benzene rings is 2. The highest BCUT2D eigenvalue weighted by molar-refractivity contribution is 6.30. The third-order valence-electron chi connectivity index (χ3n) is 7.30. The summed E-state index contributed by atoms with van der Waals surface area (Å²) in [6.07, 6.45) is 0. The number of hydrogen-bond acceptors (Lipinski definition) is 5. The van der Waals surface area contributed by atoms with Crippen molar-refractivity contribution < 1.29 is 9.13 Å². The van der Waals surface area contributed by atoms with Crippen LogP contribution in [0.2, 0.25) is 5.02 Å². The molecule has 0 spiro atoms. The third-order valence-corrected chi connectivity index (χ3v) is 7.55. The van der Waals surface area contributed by atoms with Crippen LogP contribution in [0.1, 0.15) is 31.0 Å². The van der Waals surface area contributed by atoms with Crippen LogP contribution in [0.5, 0.6) is 5.88 Å². The van der Waals surface area contributed by atoms with Gasteiger partial charge in [-0.2, -0.15) is 0 Å². The fourth-order valence-corrected chi connectivity index (χ4v) is 5.47. The highest BCUT2D eigenvalue weighted by Crippen LogP contribution is 2.36. The topological polar surface area (TPSA) is 50.6 Å². The SMILES string of the molecule is COc1ccc2c(n1)c(N1C[C@@H](C)N(C(c3ccc(F)cc3)c3ccc(Cl)cc3)C[C@@H]1C)cc(=O)n2C. The molecule has 1 aliphatic rings. The molecule has 1 unspecified atom stereocenters. The maximum atomic E-state index is 13.8. The molecule has 0 N–H and O–H groups in total. The van der Waals surface area contributed by atoms with Crippen LogP contribution < -0.4 is 15.2 Å². The summed E-state index contributed by atoms with van der Waals surface area (Å²) in [5, 5.41) is 0.674. The minimum Gasteiger partial charge on any atom is -0.481 e. The van der Waals surface area contributed by atoms with E-state index in [1.54, 1.807) is 30.9 Å². The number of fused-ring (bicyclic) bond motifs is 1. The molecule has 4 aromatic rings. The summed E-state index contributed by atoms with van der Waals surface area (Å²) in [7, 11) is 3.34. The first-order valence-corrected chi connectivity index (χ1v) is 12.7. The molecule has 0 aliphatic carbocycles. The van der Waals surface area contributed by atoms with Gasteiger partial charge >= 0.3 is 0 Å². The summed E-state index contributed by atoms with van der Waals surface area (Å²) >= 11 is 6.19. The lowest BCUT2D eigenvalue weighted by Crippen LogP contribution is -2.57. The van der Waals surface area contributed by atoms with Crippen LogP contribution in [-0.4, -0.2) is 46.7 Å². The second-order valence-corrected chi connectivity index (χ2v) is 10.1. The van der Waals surface area contributed by atoms with Crippen LogP contribution in [0.4, 0.5) is 10.1 Å². The maximum absolute atomic E-state index is 13.8. The number of halogens is 2. The molecule has 3 atom stereocenters. The summed E-state index contributed by atoms with van der Waals surface area (Å²) in [4.78, 5) is 22.3. The lowest BCUT2D eigenvalue weighted by Gasteiger charge is -2.48. The molecule has 1 fully saturated rings. The van der Waals surface area contributed by atoms with Crippen molar-refractivity contribution in [2.24, 2.45) is 7.05 Å². The number of nitrogens with zero attached hydrogens (tertiary/aromatic N) is 4. The van der Waals surface area contributed by atoms with Crippen LogP contribution in [0.25, 0.3) is 11.0 Å². The molecule has 192 valence electrons. The van der Waals surface area contributed by atoms with Gasteiger partial charge < -0.3 is 14.2 Å². The molecule has 6 nitrogen and oxygen atoms in total. The van der Waals surface area contributed by atoms with Crippen LogP contribution in [0.15, 0.2) is 71.5 Å². The Morgan fingerprint density at radius 1 is 0.973 bits per heavy atom. The zero-order valence-electron chi connectivity index (χ0n) is 21.4. The molecule has 2 aromatic heterocycles. The molecule has 8 heteroatoms. The van der Waals surface area contributed by atoms with Crippen molar-refractivity contribution in [2.45, 2.75) is 32.0 Å². The van der Waals surface area contributed by atoms with Crippen molar-refractivity contribution in [1.29, 1.82) is 0 Å². The first-order valence-electron chi connectivity index (χ1n) is 12.3. The van der Waals surface area contributed by atoms with E-state index in [4.69, 9.17) is 21.3 Å². The monoisotopic (exact) mass is 520 g/mol. The summed E-state index contributed by atoms with van der Waals surface area (Å²) in [5.41, 5.74) is 4.33. The van der Waals surface area contributed by atoms with Crippen molar-refractivity contribution in [3.63, 3.8) is 0 Å². The lowest BCUT2D eigenvalue weighted by atomic mass is 9.93. The first-order chi connectivity index (χ1) is 17.8. The van der Waals surface area contributed by atoms with Crippen molar-refractivity contribution >= 4 is 28.3 Å². The Hall–Kier alpha value is -3.42. The second-order valence-electron chi connectivity index (χ2n) is 9.70. The zero-order chi connectivity index (χ0) is 26.3. The van der Waals surface area contributed by atoms with Crippen LogP contribution in [0, 0.1) is 5.82 Å². The fraction of sp³-hybridized carbons (Fsp3) is 0.310. The molecule has 1 saturated heterocycles. The van der Waals surface area contributed by atoms with Crippen molar-refractivity contribution in [2.75, 3.05) is 25.1 Å². The molecule has 0 radical (unpaired) electrons. The normalized spacial score (nSPS) is 19.2. The summed E-state index contributed by atoms with van der Waals surface area (Å²) in [6, 6.07) is 20.0. The standard InChI is InChI=1S/C29H30ClFN4O2/c1-18-17-35(29(20-5-9-22(30)10-6-20)21-7-11-23(31)12-8-21)19(2)16-34(18)25-15-27(36)33(3)24-13-14-26(37-4)32-28(24)25/h5-15,18-19,29H,16-17H2,1-4H3/t18-,19+,29?/m0/s1. The van der Waals surface area contributed by atoms with E-state index in [1.807, 2.05) is 42.5 Å². The summed E-state index contributed by atoms with van der Waals surface area (Å²) in [6.45, 7) is 5.76. The van der Waals surface area contributed by atoms with Crippen LogP contribution in [-0.2, 0) is 7.05 Å². The second kappa shape index (κ2) is 10.1. The Labute approximate surface area is 220 Å². The van der Waals surface area contributed by atoms with E-state index < -0.39 is 0 Å². The lowest BCUT2D eigenvalue weighted by molar-refractivity contribution is 0.130. The van der Waals surface area contributed by atoms with Crippen molar-refractivity contribution in [1.82, 2.24) is 14.5 Å². The minimum absolute atomic E-state index is 0.0731. The quantitative estimate of drug-likeness (QED) is 0.351. The number of aryl methyl sites for hydroxylation is 1. The van der Waals surface area contributed by atoms with E-state index in [0.717, 1.165) is 34.4 Å². The first kappa shape index (κ1) is 25.2. The zero-order valence-corrected chi connectivity index (χ0v) is 22.1. The fourth-order valence-electron chi connectivity index (χ4n) is 5.34. The Morgan fingerprint density at radius 3 is 2.27 bits per heavy atom. The van der Waals surface area contributed by atoms with Gasteiger partial charge in [-0.05, 0) is 55.3 Å². The Morgan fingerprint density at radius 2 is 1.62 bits per heavy atom. The van der Waals surface area contributed by atoms with Gasteiger partial charge in [-0.1, -0.05) is 35.9 Å². The molecule has 1 aliphatic heterocycles. The van der Waals surface area contributed by atoms with Gasteiger partial charge in [0, 0.05) is 49.4 Å². The van der Waals surface area contributed by atoms with Gasteiger partial charge in [0.25, 0.3) is 5.56 Å². The predicted molar refractivity (Wildman–Crippen MR) is 146 cm³/mol. The Kier molecular flexibility index (Phi) is 6.92. The van der Waals surface area contributed by atoms with Gasteiger partial charge in [0.15, 0.2) is 0 Å². The average Bonchev–Trinajstić information content (AvgIpc) is 2.90. The highest BCUT2D eigenvalue weighted by atomic mass is 35.5. The summed E-state index contributed by atoms with van der Waals surface area (Å²) < 4.78 is 20.8. The molecule has 0 amide bonds. The van der Waals surface area contributed by atoms with Gasteiger partial charge in [0.2, 0.25) is 5.88 Å². The number of rotatable bonds is 5. The van der Waals surface area contributed by atoms with E-state index in [0.29, 0.717) is 17.4 Å². The van der Waals surface area contributed by atoms with Gasteiger partial charge in [0.05, 0.1) is 24.4 Å². The van der Waals surface area contributed by atoms with Gasteiger partial charge in [-0.15, -0.1) is 0 Å². The number of methoxy groups -OCH3 is 1. The molecular weight excluding hydrogens is 491 g/mol. The molecule has 0 saturated carbocycles.